The maximum Gasteiger partial charge on any atom is 0.492 e. The number of hydrogen-bond acceptors (Lipinski definition) is 4. The van der Waals surface area contributed by atoms with Gasteiger partial charge in [-0.3, -0.25) is 9.59 Å². The van der Waals surface area contributed by atoms with E-state index in [1.807, 2.05) is 27.7 Å². The average molecular weight is 364 g/mol. The number of rotatable bonds is 5. The second kappa shape index (κ2) is 7.32. The van der Waals surface area contributed by atoms with Gasteiger partial charge in [0.1, 0.15) is 0 Å². The Morgan fingerprint density at radius 3 is 2.36 bits per heavy atom. The molecule has 1 saturated heterocycles. The van der Waals surface area contributed by atoms with E-state index in [9.17, 15) is 9.59 Å². The minimum atomic E-state index is -0.646. The summed E-state index contributed by atoms with van der Waals surface area (Å²) in [4.78, 5) is 22.7. The summed E-state index contributed by atoms with van der Waals surface area (Å²) < 4.78 is 12.1. The Kier molecular flexibility index (Phi) is 5.77. The van der Waals surface area contributed by atoms with Gasteiger partial charge >= 0.3 is 7.12 Å². The van der Waals surface area contributed by atoms with E-state index in [0.717, 1.165) is 6.29 Å². The zero-order valence-corrected chi connectivity index (χ0v) is 15.9. The lowest BCUT2D eigenvalue weighted by Gasteiger charge is -2.32. The molecule has 1 fully saturated rings. The molecule has 134 valence electrons. The third-order valence-corrected chi connectivity index (χ3v) is 4.97. The molecule has 1 aromatic rings. The number of benzene rings is 1. The van der Waals surface area contributed by atoms with Crippen molar-refractivity contribution in [2.75, 3.05) is 6.54 Å². The highest BCUT2D eigenvalue weighted by molar-refractivity contribution is 6.56. The topological polar surface area (TPSA) is 64.6 Å². The number of nitrogens with one attached hydrogen (secondary N) is 1. The highest BCUT2D eigenvalue weighted by Crippen LogP contribution is 2.39. The molecule has 0 bridgehead atoms. The highest BCUT2D eigenvalue weighted by atomic mass is 35.5. The fraction of sp³-hybridized carbons (Fsp3) is 0.444. The predicted octanol–water partition coefficient (Wildman–Crippen LogP) is 3.30. The van der Waals surface area contributed by atoms with Gasteiger partial charge in [0.25, 0.3) is 0 Å². The Bertz CT molecular complexity index is 699. The van der Waals surface area contributed by atoms with E-state index in [4.69, 9.17) is 20.9 Å². The van der Waals surface area contributed by atoms with E-state index < -0.39 is 18.3 Å². The molecule has 0 unspecified atom stereocenters. The largest absolute Gasteiger partial charge is 0.492 e. The molecule has 1 aliphatic heterocycles. The van der Waals surface area contributed by atoms with Gasteiger partial charge in [0, 0.05) is 29.6 Å². The van der Waals surface area contributed by atoms with Crippen LogP contribution in [0.25, 0.3) is 6.08 Å². The number of amides is 1. The molecule has 0 spiro atoms. The van der Waals surface area contributed by atoms with E-state index >= 15 is 0 Å². The van der Waals surface area contributed by atoms with Crippen molar-refractivity contribution in [2.45, 2.75) is 45.8 Å². The van der Waals surface area contributed by atoms with Gasteiger partial charge < -0.3 is 14.6 Å². The third-order valence-electron chi connectivity index (χ3n) is 4.64. The van der Waals surface area contributed by atoms with Crippen molar-refractivity contribution >= 4 is 37.0 Å². The number of aldehydes is 1. The molecule has 25 heavy (non-hydrogen) atoms. The lowest BCUT2D eigenvalue weighted by molar-refractivity contribution is -0.118. The maximum atomic E-state index is 11.4. The summed E-state index contributed by atoms with van der Waals surface area (Å²) in [7, 11) is -0.646. The predicted molar refractivity (Wildman–Crippen MR) is 99.6 cm³/mol. The standard InChI is InChI=1S/C18H23BClNO4/c1-12(23)21-10-14(19-24-17(2,3)18(4,5)25-19)9-15-13(11-22)7-6-8-16(15)20/h6-9,11H,10H2,1-5H3,(H,21,23). The van der Waals surface area contributed by atoms with Gasteiger partial charge in [-0.25, -0.2) is 0 Å². The zero-order chi connectivity index (χ0) is 18.8. The van der Waals surface area contributed by atoms with Gasteiger partial charge in [0.2, 0.25) is 5.91 Å². The molecule has 0 saturated carbocycles. The van der Waals surface area contributed by atoms with E-state index in [0.29, 0.717) is 21.6 Å². The van der Waals surface area contributed by atoms with Gasteiger partial charge in [-0.15, -0.1) is 0 Å². The van der Waals surface area contributed by atoms with Crippen molar-refractivity contribution in [1.82, 2.24) is 5.32 Å². The van der Waals surface area contributed by atoms with Crippen LogP contribution in [0.5, 0.6) is 0 Å². The molecule has 0 atom stereocenters. The van der Waals surface area contributed by atoms with Crippen molar-refractivity contribution in [1.29, 1.82) is 0 Å². The molecule has 0 aromatic heterocycles. The van der Waals surface area contributed by atoms with E-state index in [2.05, 4.69) is 5.32 Å². The number of carbonyl (C=O) groups excluding carboxylic acids is 2. The molecular weight excluding hydrogens is 340 g/mol. The van der Waals surface area contributed by atoms with Gasteiger partial charge in [0.15, 0.2) is 6.29 Å². The van der Waals surface area contributed by atoms with Crippen LogP contribution < -0.4 is 5.32 Å². The summed E-state index contributed by atoms with van der Waals surface area (Å²) in [5.74, 6) is -0.169. The molecule has 1 amide bonds. The minimum absolute atomic E-state index is 0.169. The molecule has 0 radical (unpaired) electrons. The molecule has 1 aliphatic rings. The smallest absolute Gasteiger partial charge is 0.400 e. The van der Waals surface area contributed by atoms with Crippen LogP contribution in [0.15, 0.2) is 23.7 Å². The normalized spacial score (nSPS) is 19.0. The van der Waals surface area contributed by atoms with Crippen molar-refractivity contribution in [3.05, 3.63) is 39.8 Å². The fourth-order valence-electron chi connectivity index (χ4n) is 2.42. The first-order chi connectivity index (χ1) is 11.6. The molecule has 5 nitrogen and oxygen atoms in total. The van der Waals surface area contributed by atoms with Gasteiger partial charge in [0.05, 0.1) is 11.2 Å². The number of carbonyl (C=O) groups is 2. The SMILES string of the molecule is CC(=O)NCC(=Cc1c(Cl)cccc1C=O)B1OC(C)(C)C(C)(C)O1. The van der Waals surface area contributed by atoms with E-state index in [1.54, 1.807) is 24.3 Å². The Morgan fingerprint density at radius 2 is 1.84 bits per heavy atom. The summed E-state index contributed by atoms with van der Waals surface area (Å²) in [5.41, 5.74) is 0.700. The lowest BCUT2D eigenvalue weighted by Crippen LogP contribution is -2.41. The summed E-state index contributed by atoms with van der Waals surface area (Å²) in [6, 6.07) is 5.11. The van der Waals surface area contributed by atoms with Crippen LogP contribution in [-0.4, -0.2) is 37.1 Å². The first-order valence-electron chi connectivity index (χ1n) is 8.11. The van der Waals surface area contributed by atoms with Crippen molar-refractivity contribution in [3.63, 3.8) is 0 Å². The Labute approximate surface area is 153 Å². The number of halogens is 1. The molecule has 1 heterocycles. The fourth-order valence-corrected chi connectivity index (χ4v) is 2.65. The van der Waals surface area contributed by atoms with Crippen LogP contribution in [0.4, 0.5) is 0 Å². The zero-order valence-electron chi connectivity index (χ0n) is 15.2. The van der Waals surface area contributed by atoms with Gasteiger partial charge in [-0.05, 0) is 39.2 Å². The van der Waals surface area contributed by atoms with Crippen molar-refractivity contribution in [2.24, 2.45) is 0 Å². The Balaban J connectivity index is 2.44. The third kappa shape index (κ3) is 4.32. The van der Waals surface area contributed by atoms with Crippen molar-refractivity contribution < 1.29 is 18.9 Å². The Morgan fingerprint density at radius 1 is 1.24 bits per heavy atom. The maximum absolute atomic E-state index is 11.4. The highest BCUT2D eigenvalue weighted by Gasteiger charge is 2.52. The monoisotopic (exact) mass is 363 g/mol. The first kappa shape index (κ1) is 19.7. The summed E-state index contributed by atoms with van der Waals surface area (Å²) in [6.45, 7) is 9.49. The van der Waals surface area contributed by atoms with E-state index in [-0.39, 0.29) is 12.5 Å². The summed E-state index contributed by atoms with van der Waals surface area (Å²) >= 11 is 6.26. The van der Waals surface area contributed by atoms with Gasteiger partial charge in [-0.2, -0.15) is 0 Å². The van der Waals surface area contributed by atoms with Crippen molar-refractivity contribution in [3.8, 4) is 0 Å². The average Bonchev–Trinajstić information content (AvgIpc) is 2.72. The van der Waals surface area contributed by atoms with Crippen LogP contribution in [-0.2, 0) is 14.1 Å². The Hall–Kier alpha value is -1.63. The minimum Gasteiger partial charge on any atom is -0.400 e. The molecule has 7 heteroatoms. The van der Waals surface area contributed by atoms with Gasteiger partial charge in [-0.1, -0.05) is 29.8 Å². The molecular formula is C18H23BClNO4. The second-order valence-corrected chi connectivity index (χ2v) is 7.49. The van der Waals surface area contributed by atoms with E-state index in [1.165, 1.54) is 6.92 Å². The van der Waals surface area contributed by atoms with Crippen LogP contribution >= 0.6 is 11.6 Å². The van der Waals surface area contributed by atoms with Crippen LogP contribution in [0.2, 0.25) is 5.02 Å². The van der Waals surface area contributed by atoms with Crippen LogP contribution in [0.1, 0.15) is 50.5 Å². The molecule has 0 aliphatic carbocycles. The quantitative estimate of drug-likeness (QED) is 0.644. The molecule has 1 aromatic carbocycles. The van der Waals surface area contributed by atoms with Crippen LogP contribution in [0.3, 0.4) is 0 Å². The second-order valence-electron chi connectivity index (χ2n) is 7.08. The summed E-state index contributed by atoms with van der Waals surface area (Å²) in [6.07, 6.45) is 2.50. The first-order valence-corrected chi connectivity index (χ1v) is 8.49. The van der Waals surface area contributed by atoms with Crippen LogP contribution in [0, 0.1) is 0 Å². The summed E-state index contributed by atoms with van der Waals surface area (Å²) in [5, 5.41) is 3.20. The lowest BCUT2D eigenvalue weighted by atomic mass is 9.76. The number of hydrogen-bond donors (Lipinski definition) is 1. The molecule has 2 rings (SSSR count). The molecule has 1 N–H and O–H groups in total.